The van der Waals surface area contributed by atoms with Gasteiger partial charge in [-0.2, -0.15) is 13.2 Å². The molecule has 0 aromatic heterocycles. The van der Waals surface area contributed by atoms with E-state index in [1.807, 2.05) is 13.8 Å². The molecule has 0 fully saturated rings. The molecule has 2 aromatic carbocycles. The summed E-state index contributed by atoms with van der Waals surface area (Å²) in [6, 6.07) is 9.00. The van der Waals surface area contributed by atoms with Crippen molar-refractivity contribution >= 4 is 0 Å². The monoisotopic (exact) mass is 384 g/mol. The van der Waals surface area contributed by atoms with Crippen molar-refractivity contribution in [3.8, 4) is 5.75 Å². The van der Waals surface area contributed by atoms with Crippen LogP contribution < -0.4 is 4.74 Å². The summed E-state index contributed by atoms with van der Waals surface area (Å²) in [7, 11) is 0. The number of alkyl halides is 6. The zero-order valence-corrected chi connectivity index (χ0v) is 14.6. The second-order valence-corrected chi connectivity index (χ2v) is 4.80. The Hall–Kier alpha value is -2.25. The molecule has 146 valence electrons. The Morgan fingerprint density at radius 1 is 0.808 bits per heavy atom. The molecule has 0 amide bonds. The molecule has 2 aromatic rings. The van der Waals surface area contributed by atoms with Gasteiger partial charge in [0, 0.05) is 0 Å². The number of ether oxygens (including phenoxy) is 1. The van der Waals surface area contributed by atoms with E-state index in [-0.39, 0.29) is 11.3 Å². The van der Waals surface area contributed by atoms with Crippen molar-refractivity contribution in [3.05, 3.63) is 65.0 Å². The van der Waals surface area contributed by atoms with E-state index in [1.54, 1.807) is 13.0 Å². The molecule has 0 aliphatic heterocycles. The summed E-state index contributed by atoms with van der Waals surface area (Å²) in [4.78, 5) is 0. The van der Waals surface area contributed by atoms with Crippen LogP contribution in [-0.4, -0.2) is 6.36 Å². The lowest BCUT2D eigenvalue weighted by molar-refractivity contribution is -0.274. The van der Waals surface area contributed by atoms with Gasteiger partial charge in [0.15, 0.2) is 0 Å². The Morgan fingerprint density at radius 2 is 1.35 bits per heavy atom. The van der Waals surface area contributed by atoms with Crippen molar-refractivity contribution in [3.63, 3.8) is 0 Å². The molecule has 26 heavy (non-hydrogen) atoms. The van der Waals surface area contributed by atoms with E-state index in [4.69, 9.17) is 0 Å². The summed E-state index contributed by atoms with van der Waals surface area (Å²) in [6.07, 6.45) is -9.20. The highest BCUT2D eigenvalue weighted by Crippen LogP contribution is 2.32. The number of halogens is 7. The summed E-state index contributed by atoms with van der Waals surface area (Å²) in [5, 5.41) is 0. The van der Waals surface area contributed by atoms with Crippen LogP contribution in [0.1, 0.15) is 30.5 Å². The van der Waals surface area contributed by atoms with E-state index < -0.39 is 23.9 Å². The molecule has 0 atom stereocenters. The van der Waals surface area contributed by atoms with Gasteiger partial charge >= 0.3 is 12.5 Å². The second-order valence-electron chi connectivity index (χ2n) is 4.80. The zero-order chi connectivity index (χ0) is 20.5. The van der Waals surface area contributed by atoms with E-state index in [0.29, 0.717) is 0 Å². The van der Waals surface area contributed by atoms with Crippen molar-refractivity contribution in [2.24, 2.45) is 0 Å². The van der Waals surface area contributed by atoms with Gasteiger partial charge in [0.2, 0.25) is 0 Å². The SMILES string of the molecule is CC.Cc1cccc(C(F)(F)F)c1F.Cc1cccc(OC(F)(F)F)c1. The van der Waals surface area contributed by atoms with Crippen LogP contribution >= 0.6 is 0 Å². The first-order valence-electron chi connectivity index (χ1n) is 7.55. The van der Waals surface area contributed by atoms with Crippen molar-refractivity contribution in [2.45, 2.75) is 40.2 Å². The maximum absolute atomic E-state index is 12.8. The summed E-state index contributed by atoms with van der Waals surface area (Å²) in [5.74, 6) is -1.37. The van der Waals surface area contributed by atoms with Gasteiger partial charge in [-0.25, -0.2) is 4.39 Å². The Labute approximate surface area is 147 Å². The summed E-state index contributed by atoms with van der Waals surface area (Å²) in [6.45, 7) is 6.99. The fraction of sp³-hybridized carbons (Fsp3) is 0.333. The van der Waals surface area contributed by atoms with Gasteiger partial charge in [0.05, 0.1) is 5.56 Å². The van der Waals surface area contributed by atoms with Gasteiger partial charge in [-0.1, -0.05) is 38.1 Å². The molecular formula is C18H19F7O. The third-order valence-electron chi connectivity index (χ3n) is 2.72. The molecule has 0 N–H and O–H groups in total. The van der Waals surface area contributed by atoms with Crippen LogP contribution in [0, 0.1) is 19.7 Å². The molecule has 0 radical (unpaired) electrons. The molecule has 0 unspecified atom stereocenters. The first-order valence-corrected chi connectivity index (χ1v) is 7.55. The Morgan fingerprint density at radius 3 is 1.77 bits per heavy atom. The minimum absolute atomic E-state index is 0.00447. The quantitative estimate of drug-likeness (QED) is 0.478. The molecule has 0 aliphatic rings. The lowest BCUT2D eigenvalue weighted by Gasteiger charge is -2.08. The van der Waals surface area contributed by atoms with E-state index in [0.717, 1.165) is 11.6 Å². The van der Waals surface area contributed by atoms with Gasteiger partial charge in [0.1, 0.15) is 11.6 Å². The van der Waals surface area contributed by atoms with Crippen LogP contribution in [0.25, 0.3) is 0 Å². The van der Waals surface area contributed by atoms with Crippen LogP contribution in [0.4, 0.5) is 30.7 Å². The molecule has 8 heteroatoms. The topological polar surface area (TPSA) is 9.23 Å². The lowest BCUT2D eigenvalue weighted by atomic mass is 10.1. The van der Waals surface area contributed by atoms with E-state index in [2.05, 4.69) is 4.74 Å². The van der Waals surface area contributed by atoms with Crippen LogP contribution in [-0.2, 0) is 6.18 Å². The zero-order valence-electron chi connectivity index (χ0n) is 14.6. The number of benzene rings is 2. The predicted octanol–water partition coefficient (Wildman–Crippen LogP) is 7.07. The normalized spacial score (nSPS) is 10.9. The second kappa shape index (κ2) is 10.0. The standard InChI is InChI=1S/C8H6F4.C8H7F3O.C2H6/c1-5-3-2-4-6(7(5)9)8(10,11)12;1-6-3-2-4-7(5-6)12-8(9,10)11;1-2/h2-4H,1H3;2-5H,1H3;1-2H3. The Kier molecular flexibility index (Phi) is 9.17. The van der Waals surface area contributed by atoms with Gasteiger partial charge in [0.25, 0.3) is 0 Å². The first kappa shape index (κ1) is 23.8. The number of hydrogen-bond acceptors (Lipinski definition) is 1. The molecule has 0 bridgehead atoms. The van der Waals surface area contributed by atoms with Crippen molar-refractivity contribution in [1.82, 2.24) is 0 Å². The molecule has 0 spiro atoms. The van der Waals surface area contributed by atoms with Gasteiger partial charge in [-0.3, -0.25) is 0 Å². The smallest absolute Gasteiger partial charge is 0.406 e. The highest BCUT2D eigenvalue weighted by molar-refractivity contribution is 5.28. The molecule has 0 aliphatic carbocycles. The lowest BCUT2D eigenvalue weighted by Crippen LogP contribution is -2.17. The minimum Gasteiger partial charge on any atom is -0.406 e. The van der Waals surface area contributed by atoms with Crippen LogP contribution in [0.3, 0.4) is 0 Å². The first-order chi connectivity index (χ1) is 11.9. The molecule has 1 nitrogen and oxygen atoms in total. The van der Waals surface area contributed by atoms with Gasteiger partial charge < -0.3 is 4.74 Å². The highest BCUT2D eigenvalue weighted by atomic mass is 19.4. The van der Waals surface area contributed by atoms with Gasteiger partial charge in [-0.05, 0) is 43.2 Å². The number of aryl methyl sites for hydroxylation is 2. The van der Waals surface area contributed by atoms with E-state index in [9.17, 15) is 30.7 Å². The molecule has 0 saturated carbocycles. The largest absolute Gasteiger partial charge is 0.573 e. The van der Waals surface area contributed by atoms with E-state index in [1.165, 1.54) is 37.3 Å². The summed E-state index contributed by atoms with van der Waals surface area (Å²) >= 11 is 0. The fourth-order valence-electron chi connectivity index (χ4n) is 1.68. The minimum atomic E-state index is -4.60. The van der Waals surface area contributed by atoms with Crippen LogP contribution in [0.15, 0.2) is 42.5 Å². The van der Waals surface area contributed by atoms with Crippen molar-refractivity contribution in [1.29, 1.82) is 0 Å². The molecule has 0 saturated heterocycles. The van der Waals surface area contributed by atoms with Crippen molar-refractivity contribution < 1.29 is 35.5 Å². The number of hydrogen-bond donors (Lipinski definition) is 0. The third-order valence-corrected chi connectivity index (χ3v) is 2.72. The average Bonchev–Trinajstić information content (AvgIpc) is 2.50. The summed E-state index contributed by atoms with van der Waals surface area (Å²) in [5.41, 5.74) is -0.468. The fourth-order valence-corrected chi connectivity index (χ4v) is 1.68. The summed E-state index contributed by atoms with van der Waals surface area (Å²) < 4.78 is 87.4. The maximum Gasteiger partial charge on any atom is 0.573 e. The predicted molar refractivity (Wildman–Crippen MR) is 85.3 cm³/mol. The van der Waals surface area contributed by atoms with Crippen LogP contribution in [0.5, 0.6) is 5.75 Å². The molecule has 2 rings (SSSR count). The Balaban J connectivity index is 0.000000439. The van der Waals surface area contributed by atoms with Crippen LogP contribution in [0.2, 0.25) is 0 Å². The van der Waals surface area contributed by atoms with Gasteiger partial charge in [-0.15, -0.1) is 13.2 Å². The Bertz CT molecular complexity index is 676. The van der Waals surface area contributed by atoms with E-state index >= 15 is 0 Å². The average molecular weight is 384 g/mol. The molecule has 0 heterocycles. The molecular weight excluding hydrogens is 365 g/mol. The van der Waals surface area contributed by atoms with Crippen molar-refractivity contribution in [2.75, 3.05) is 0 Å². The maximum atomic E-state index is 12.8. The number of rotatable bonds is 1. The third kappa shape index (κ3) is 8.73. The highest BCUT2D eigenvalue weighted by Gasteiger charge is 2.34.